The summed E-state index contributed by atoms with van der Waals surface area (Å²) in [7, 11) is 0. The van der Waals surface area contributed by atoms with E-state index in [1.807, 2.05) is 30.8 Å². The van der Waals surface area contributed by atoms with Gasteiger partial charge in [-0.15, -0.1) is 0 Å². The molecular weight excluding hydrogens is 286 g/mol. The number of carbonyl (C=O) groups excluding carboxylic acids is 1. The molecule has 1 aliphatic carbocycles. The molecule has 0 spiro atoms. The van der Waals surface area contributed by atoms with Crippen LogP contribution in [-0.2, 0) is 5.41 Å². The fourth-order valence-electron chi connectivity index (χ4n) is 3.43. The molecule has 1 heterocycles. The molecule has 1 N–H and O–H groups in total. The summed E-state index contributed by atoms with van der Waals surface area (Å²) in [4.78, 5) is 12.4. The number of aromatic nitrogens is 2. The van der Waals surface area contributed by atoms with Gasteiger partial charge in [0.2, 0.25) is 0 Å². The molecule has 1 fully saturated rings. The molecule has 1 saturated carbocycles. The smallest absolute Gasteiger partial charge is 0.254 e. The average molecular weight is 311 g/mol. The van der Waals surface area contributed by atoms with Crippen LogP contribution < -0.4 is 5.32 Å². The number of hydrogen-bond acceptors (Lipinski definition) is 2. The van der Waals surface area contributed by atoms with Crippen molar-refractivity contribution in [2.24, 2.45) is 5.41 Å². The van der Waals surface area contributed by atoms with E-state index < -0.39 is 0 Å². The van der Waals surface area contributed by atoms with Crippen molar-refractivity contribution in [3.8, 4) is 0 Å². The maximum absolute atomic E-state index is 12.4. The normalized spacial score (nSPS) is 22.1. The minimum Gasteiger partial charge on any atom is -0.351 e. The molecule has 1 atom stereocenters. The van der Waals surface area contributed by atoms with Crippen molar-refractivity contribution < 1.29 is 4.79 Å². The van der Waals surface area contributed by atoms with Crippen LogP contribution in [0.15, 0.2) is 42.7 Å². The number of rotatable bonds is 5. The zero-order valence-electron chi connectivity index (χ0n) is 14.3. The zero-order valence-corrected chi connectivity index (χ0v) is 14.3. The third-order valence-corrected chi connectivity index (χ3v) is 5.18. The van der Waals surface area contributed by atoms with Crippen LogP contribution in [-0.4, -0.2) is 22.2 Å². The van der Waals surface area contributed by atoms with Gasteiger partial charge in [0.05, 0.1) is 11.8 Å². The van der Waals surface area contributed by atoms with Gasteiger partial charge in [-0.05, 0) is 31.2 Å². The highest BCUT2D eigenvalue weighted by molar-refractivity contribution is 5.93. The van der Waals surface area contributed by atoms with Gasteiger partial charge in [0.15, 0.2) is 0 Å². The van der Waals surface area contributed by atoms with Gasteiger partial charge in [-0.1, -0.05) is 44.2 Å². The summed E-state index contributed by atoms with van der Waals surface area (Å²) in [5, 5.41) is 7.36. The van der Waals surface area contributed by atoms with E-state index in [1.54, 1.807) is 6.20 Å². The molecule has 1 amide bonds. The first-order valence-corrected chi connectivity index (χ1v) is 8.24. The number of nitrogens with one attached hydrogen (secondary N) is 1. The summed E-state index contributed by atoms with van der Waals surface area (Å²) in [5.74, 6) is -0.0464. The van der Waals surface area contributed by atoms with Gasteiger partial charge >= 0.3 is 0 Å². The molecule has 3 rings (SSSR count). The Morgan fingerprint density at radius 3 is 2.48 bits per heavy atom. The minimum absolute atomic E-state index is 0.0396. The third-order valence-electron chi connectivity index (χ3n) is 5.18. The molecule has 23 heavy (non-hydrogen) atoms. The molecule has 0 radical (unpaired) electrons. The molecule has 0 aliphatic heterocycles. The summed E-state index contributed by atoms with van der Waals surface area (Å²) >= 11 is 0. The first-order chi connectivity index (χ1) is 10.9. The van der Waals surface area contributed by atoms with Gasteiger partial charge in [-0.3, -0.25) is 9.48 Å². The molecule has 2 aromatic rings. The Hall–Kier alpha value is -2.10. The molecule has 122 valence electrons. The van der Waals surface area contributed by atoms with Gasteiger partial charge in [-0.25, -0.2) is 0 Å². The van der Waals surface area contributed by atoms with E-state index in [1.165, 1.54) is 5.56 Å². The van der Waals surface area contributed by atoms with Crippen molar-refractivity contribution in [2.75, 3.05) is 6.54 Å². The summed E-state index contributed by atoms with van der Waals surface area (Å²) in [5.41, 5.74) is 2.19. The summed E-state index contributed by atoms with van der Waals surface area (Å²) in [6.45, 7) is 9.29. The Labute approximate surface area is 137 Å². The number of nitrogens with zero attached hydrogens (tertiary/aromatic N) is 2. The number of amides is 1. The Morgan fingerprint density at radius 2 is 1.96 bits per heavy atom. The zero-order chi connectivity index (χ0) is 16.7. The molecule has 4 heteroatoms. The van der Waals surface area contributed by atoms with E-state index in [4.69, 9.17) is 0 Å². The van der Waals surface area contributed by atoms with Crippen LogP contribution in [0.5, 0.6) is 0 Å². The van der Waals surface area contributed by atoms with Crippen LogP contribution >= 0.6 is 0 Å². The minimum atomic E-state index is -0.0464. The molecule has 1 aliphatic rings. The van der Waals surface area contributed by atoms with E-state index >= 15 is 0 Å². The number of carbonyl (C=O) groups is 1. The Morgan fingerprint density at radius 1 is 1.30 bits per heavy atom. The van der Waals surface area contributed by atoms with Crippen LogP contribution in [0.25, 0.3) is 0 Å². The summed E-state index contributed by atoms with van der Waals surface area (Å²) in [6.07, 6.45) is 4.55. The van der Waals surface area contributed by atoms with Crippen molar-refractivity contribution >= 4 is 5.91 Å². The maximum Gasteiger partial charge on any atom is 0.254 e. The Bertz CT molecular complexity index is 702. The fourth-order valence-corrected chi connectivity index (χ4v) is 3.43. The second kappa shape index (κ2) is 5.52. The third kappa shape index (κ3) is 2.78. The highest BCUT2D eigenvalue weighted by Gasteiger charge is 2.61. The van der Waals surface area contributed by atoms with Crippen molar-refractivity contribution in [3.63, 3.8) is 0 Å². The molecule has 1 aromatic carbocycles. The molecule has 0 saturated heterocycles. The molecule has 1 aromatic heterocycles. The van der Waals surface area contributed by atoms with Gasteiger partial charge < -0.3 is 5.32 Å². The number of benzene rings is 1. The maximum atomic E-state index is 12.4. The lowest BCUT2D eigenvalue weighted by atomic mass is 9.88. The van der Waals surface area contributed by atoms with Gasteiger partial charge in [-0.2, -0.15) is 5.10 Å². The van der Waals surface area contributed by atoms with E-state index in [-0.39, 0.29) is 22.8 Å². The Balaban J connectivity index is 1.72. The first kappa shape index (κ1) is 15.8. The topological polar surface area (TPSA) is 46.9 Å². The van der Waals surface area contributed by atoms with Gasteiger partial charge in [0.25, 0.3) is 5.91 Å². The van der Waals surface area contributed by atoms with Crippen molar-refractivity contribution in [1.29, 1.82) is 0 Å². The molecular formula is C19H25N3O. The van der Waals surface area contributed by atoms with E-state index in [0.29, 0.717) is 12.1 Å². The SMILES string of the molecule is CC(C)n1cc(C(=O)NC[C@@]2(c3ccccc3)CC2(C)C)cn1. The van der Waals surface area contributed by atoms with Crippen LogP contribution in [0.2, 0.25) is 0 Å². The average Bonchev–Trinajstić information content (AvgIpc) is 2.90. The van der Waals surface area contributed by atoms with Crippen LogP contribution in [0.1, 0.15) is 56.1 Å². The fraction of sp³-hybridized carbons (Fsp3) is 0.474. The van der Waals surface area contributed by atoms with Crippen molar-refractivity contribution in [1.82, 2.24) is 15.1 Å². The van der Waals surface area contributed by atoms with Crippen molar-refractivity contribution in [3.05, 3.63) is 53.9 Å². The van der Waals surface area contributed by atoms with E-state index in [2.05, 4.69) is 48.5 Å². The predicted molar refractivity (Wildman–Crippen MR) is 91.5 cm³/mol. The second-order valence-electron chi connectivity index (χ2n) is 7.49. The van der Waals surface area contributed by atoms with Crippen LogP contribution in [0.4, 0.5) is 0 Å². The standard InChI is InChI=1S/C19H25N3O/c1-14(2)22-11-15(10-21-22)17(23)20-13-19(12-18(19,3)4)16-8-6-5-7-9-16/h5-11,14H,12-13H2,1-4H3,(H,20,23)/t19-/m1/s1. The second-order valence-corrected chi connectivity index (χ2v) is 7.49. The largest absolute Gasteiger partial charge is 0.351 e. The van der Waals surface area contributed by atoms with Crippen LogP contribution in [0, 0.1) is 5.41 Å². The van der Waals surface area contributed by atoms with Crippen molar-refractivity contribution in [2.45, 2.75) is 45.6 Å². The van der Waals surface area contributed by atoms with Gasteiger partial charge in [0.1, 0.15) is 0 Å². The highest BCUT2D eigenvalue weighted by atomic mass is 16.1. The highest BCUT2D eigenvalue weighted by Crippen LogP contribution is 2.63. The van der Waals surface area contributed by atoms with Gasteiger partial charge in [0, 0.05) is 24.2 Å². The summed E-state index contributed by atoms with van der Waals surface area (Å²) < 4.78 is 1.81. The lowest BCUT2D eigenvalue weighted by Gasteiger charge is -2.21. The monoisotopic (exact) mass is 311 g/mol. The Kier molecular flexibility index (Phi) is 3.78. The lowest BCUT2D eigenvalue weighted by Crippen LogP contribution is -2.34. The predicted octanol–water partition coefficient (Wildman–Crippen LogP) is 3.56. The quantitative estimate of drug-likeness (QED) is 0.917. The number of hydrogen-bond donors (Lipinski definition) is 1. The summed E-state index contributed by atoms with van der Waals surface area (Å²) in [6, 6.07) is 10.8. The molecule has 0 unspecified atom stereocenters. The molecule has 0 bridgehead atoms. The first-order valence-electron chi connectivity index (χ1n) is 8.24. The van der Waals surface area contributed by atoms with Crippen LogP contribution in [0.3, 0.4) is 0 Å². The van der Waals surface area contributed by atoms with E-state index in [9.17, 15) is 4.79 Å². The molecule has 4 nitrogen and oxygen atoms in total. The van der Waals surface area contributed by atoms with E-state index in [0.717, 1.165) is 6.42 Å². The lowest BCUT2D eigenvalue weighted by molar-refractivity contribution is 0.0948.